The second kappa shape index (κ2) is 7.46. The SMILES string of the molecule is COc1ccccc1CC(=O)N(CC1CCCN1)C(C)C. The van der Waals surface area contributed by atoms with Gasteiger partial charge in [-0.2, -0.15) is 0 Å². The Hall–Kier alpha value is -1.55. The van der Waals surface area contributed by atoms with Gasteiger partial charge in [0.15, 0.2) is 0 Å². The minimum absolute atomic E-state index is 0.170. The number of benzene rings is 1. The highest BCUT2D eigenvalue weighted by Crippen LogP contribution is 2.19. The van der Waals surface area contributed by atoms with Gasteiger partial charge in [-0.15, -0.1) is 0 Å². The fraction of sp³-hybridized carbons (Fsp3) is 0.588. The first-order valence-electron chi connectivity index (χ1n) is 7.76. The average Bonchev–Trinajstić information content (AvgIpc) is 2.98. The van der Waals surface area contributed by atoms with Crippen LogP contribution in [0.25, 0.3) is 0 Å². The number of nitrogens with one attached hydrogen (secondary N) is 1. The van der Waals surface area contributed by atoms with Crippen molar-refractivity contribution in [3.8, 4) is 5.75 Å². The molecule has 1 fully saturated rings. The van der Waals surface area contributed by atoms with Crippen LogP contribution in [0.4, 0.5) is 0 Å². The van der Waals surface area contributed by atoms with E-state index in [4.69, 9.17) is 4.74 Å². The zero-order chi connectivity index (χ0) is 15.2. The van der Waals surface area contributed by atoms with Crippen LogP contribution >= 0.6 is 0 Å². The molecule has 4 heteroatoms. The maximum Gasteiger partial charge on any atom is 0.227 e. The third kappa shape index (κ3) is 4.21. The molecular formula is C17H26N2O2. The summed E-state index contributed by atoms with van der Waals surface area (Å²) in [6, 6.07) is 8.39. The van der Waals surface area contributed by atoms with E-state index in [2.05, 4.69) is 19.2 Å². The molecular weight excluding hydrogens is 264 g/mol. The molecule has 1 heterocycles. The largest absolute Gasteiger partial charge is 0.496 e. The van der Waals surface area contributed by atoms with Crippen LogP contribution in [0.15, 0.2) is 24.3 Å². The Labute approximate surface area is 127 Å². The molecule has 1 saturated heterocycles. The predicted molar refractivity (Wildman–Crippen MR) is 84.6 cm³/mol. The molecule has 0 bridgehead atoms. The van der Waals surface area contributed by atoms with Gasteiger partial charge in [0, 0.05) is 24.2 Å². The zero-order valence-corrected chi connectivity index (χ0v) is 13.3. The summed E-state index contributed by atoms with van der Waals surface area (Å²) >= 11 is 0. The molecule has 1 aliphatic heterocycles. The molecule has 1 N–H and O–H groups in total. The number of hydrogen-bond donors (Lipinski definition) is 1. The Morgan fingerprint density at radius 2 is 2.19 bits per heavy atom. The molecule has 1 aromatic rings. The first kappa shape index (κ1) is 15.8. The molecule has 1 atom stereocenters. The van der Waals surface area contributed by atoms with Crippen LogP contribution in [0, 0.1) is 0 Å². The van der Waals surface area contributed by atoms with E-state index < -0.39 is 0 Å². The number of hydrogen-bond acceptors (Lipinski definition) is 3. The van der Waals surface area contributed by atoms with E-state index >= 15 is 0 Å². The lowest BCUT2D eigenvalue weighted by Crippen LogP contribution is -2.45. The highest BCUT2D eigenvalue weighted by Gasteiger charge is 2.24. The van der Waals surface area contributed by atoms with Crippen LogP contribution in [0.2, 0.25) is 0 Å². The molecule has 116 valence electrons. The minimum Gasteiger partial charge on any atom is -0.496 e. The number of nitrogens with zero attached hydrogens (tertiary/aromatic N) is 1. The van der Waals surface area contributed by atoms with Crippen molar-refractivity contribution in [1.29, 1.82) is 0 Å². The van der Waals surface area contributed by atoms with Gasteiger partial charge in [0.25, 0.3) is 0 Å². The molecule has 0 aromatic heterocycles. The van der Waals surface area contributed by atoms with Gasteiger partial charge in [0.1, 0.15) is 5.75 Å². The van der Waals surface area contributed by atoms with Gasteiger partial charge in [0.05, 0.1) is 13.5 Å². The third-order valence-electron chi connectivity index (χ3n) is 4.06. The number of amides is 1. The smallest absolute Gasteiger partial charge is 0.227 e. The number of para-hydroxylation sites is 1. The first-order chi connectivity index (χ1) is 10.1. The van der Waals surface area contributed by atoms with Crippen molar-refractivity contribution >= 4 is 5.91 Å². The molecule has 4 nitrogen and oxygen atoms in total. The lowest BCUT2D eigenvalue weighted by atomic mass is 10.1. The van der Waals surface area contributed by atoms with Gasteiger partial charge >= 0.3 is 0 Å². The molecule has 0 saturated carbocycles. The molecule has 21 heavy (non-hydrogen) atoms. The molecule has 2 rings (SSSR count). The summed E-state index contributed by atoms with van der Waals surface area (Å²) in [5, 5.41) is 3.46. The van der Waals surface area contributed by atoms with E-state index in [1.165, 1.54) is 6.42 Å². The number of ether oxygens (including phenoxy) is 1. The van der Waals surface area contributed by atoms with Crippen molar-refractivity contribution in [3.63, 3.8) is 0 Å². The van der Waals surface area contributed by atoms with Crippen molar-refractivity contribution in [1.82, 2.24) is 10.2 Å². The predicted octanol–water partition coefficient (Wildman–Crippen LogP) is 2.23. The number of carbonyl (C=O) groups excluding carboxylic acids is 1. The number of methoxy groups -OCH3 is 1. The molecule has 1 aromatic carbocycles. The fourth-order valence-electron chi connectivity index (χ4n) is 2.86. The highest BCUT2D eigenvalue weighted by molar-refractivity contribution is 5.79. The van der Waals surface area contributed by atoms with Gasteiger partial charge in [0.2, 0.25) is 5.91 Å². The lowest BCUT2D eigenvalue weighted by molar-refractivity contribution is -0.132. The van der Waals surface area contributed by atoms with Gasteiger partial charge in [-0.25, -0.2) is 0 Å². The summed E-state index contributed by atoms with van der Waals surface area (Å²) in [7, 11) is 1.64. The summed E-state index contributed by atoms with van der Waals surface area (Å²) in [6.07, 6.45) is 2.76. The molecule has 1 unspecified atom stereocenters. The van der Waals surface area contributed by atoms with Gasteiger partial charge in [-0.3, -0.25) is 4.79 Å². The summed E-state index contributed by atoms with van der Waals surface area (Å²) in [5.74, 6) is 0.955. The van der Waals surface area contributed by atoms with Crippen LogP contribution in [-0.2, 0) is 11.2 Å². The van der Waals surface area contributed by atoms with Gasteiger partial charge < -0.3 is 15.0 Å². The van der Waals surface area contributed by atoms with Gasteiger partial charge in [-0.1, -0.05) is 18.2 Å². The van der Waals surface area contributed by atoms with Crippen molar-refractivity contribution in [2.75, 3.05) is 20.2 Å². The van der Waals surface area contributed by atoms with E-state index in [1.807, 2.05) is 29.2 Å². The Kier molecular flexibility index (Phi) is 5.62. The number of carbonyl (C=O) groups is 1. The summed E-state index contributed by atoms with van der Waals surface area (Å²) in [5.41, 5.74) is 0.954. The van der Waals surface area contributed by atoms with Crippen LogP contribution < -0.4 is 10.1 Å². The normalized spacial score (nSPS) is 18.0. The molecule has 1 aliphatic rings. The summed E-state index contributed by atoms with van der Waals surface area (Å²) in [4.78, 5) is 14.6. The summed E-state index contributed by atoms with van der Waals surface area (Å²) in [6.45, 7) is 6.02. The molecule has 0 spiro atoms. The van der Waals surface area contributed by atoms with Crippen molar-refractivity contribution < 1.29 is 9.53 Å². The maximum atomic E-state index is 12.7. The van der Waals surface area contributed by atoms with E-state index in [0.717, 1.165) is 30.8 Å². The standard InChI is InChI=1S/C17H26N2O2/c1-13(2)19(12-15-8-6-10-18-15)17(20)11-14-7-4-5-9-16(14)21-3/h4-5,7,9,13,15,18H,6,8,10-12H2,1-3H3. The minimum atomic E-state index is 0.170. The number of rotatable bonds is 6. The second-order valence-corrected chi connectivity index (χ2v) is 5.92. The van der Waals surface area contributed by atoms with E-state index in [-0.39, 0.29) is 11.9 Å². The van der Waals surface area contributed by atoms with Gasteiger partial charge in [-0.05, 0) is 39.3 Å². The zero-order valence-electron chi connectivity index (χ0n) is 13.3. The quantitative estimate of drug-likeness (QED) is 0.873. The fourth-order valence-corrected chi connectivity index (χ4v) is 2.86. The topological polar surface area (TPSA) is 41.6 Å². The summed E-state index contributed by atoms with van der Waals surface area (Å²) < 4.78 is 5.34. The van der Waals surface area contributed by atoms with Crippen molar-refractivity contribution in [2.24, 2.45) is 0 Å². The highest BCUT2D eigenvalue weighted by atomic mass is 16.5. The van der Waals surface area contributed by atoms with Crippen LogP contribution in [0.1, 0.15) is 32.3 Å². The van der Waals surface area contributed by atoms with Crippen molar-refractivity contribution in [2.45, 2.75) is 45.2 Å². The first-order valence-corrected chi connectivity index (χ1v) is 7.76. The Bertz CT molecular complexity index is 468. The molecule has 0 aliphatic carbocycles. The Balaban J connectivity index is 2.04. The molecule has 0 radical (unpaired) electrons. The third-order valence-corrected chi connectivity index (χ3v) is 4.06. The lowest BCUT2D eigenvalue weighted by Gasteiger charge is -2.30. The molecule has 1 amide bonds. The van der Waals surface area contributed by atoms with Crippen LogP contribution in [-0.4, -0.2) is 43.1 Å². The van der Waals surface area contributed by atoms with E-state index in [0.29, 0.717) is 12.5 Å². The monoisotopic (exact) mass is 290 g/mol. The Morgan fingerprint density at radius 1 is 1.43 bits per heavy atom. The van der Waals surface area contributed by atoms with E-state index in [1.54, 1.807) is 7.11 Å². The Morgan fingerprint density at radius 3 is 2.81 bits per heavy atom. The average molecular weight is 290 g/mol. The van der Waals surface area contributed by atoms with Crippen LogP contribution in [0.3, 0.4) is 0 Å². The maximum absolute atomic E-state index is 12.7. The second-order valence-electron chi connectivity index (χ2n) is 5.92. The van der Waals surface area contributed by atoms with Crippen molar-refractivity contribution in [3.05, 3.63) is 29.8 Å². The van der Waals surface area contributed by atoms with E-state index in [9.17, 15) is 4.79 Å². The van der Waals surface area contributed by atoms with Crippen LogP contribution in [0.5, 0.6) is 5.75 Å².